The van der Waals surface area contributed by atoms with Gasteiger partial charge < -0.3 is 19.5 Å². The summed E-state index contributed by atoms with van der Waals surface area (Å²) >= 11 is 0. The van der Waals surface area contributed by atoms with Crippen molar-refractivity contribution in [3.05, 3.63) is 40.1 Å². The molecule has 2 unspecified atom stereocenters. The largest absolute Gasteiger partial charge is 0.632 e. The molecule has 3 heterocycles. The number of ether oxygens (including phenoxy) is 1. The molecule has 1 aromatic carbocycles. The maximum Gasteiger partial charge on any atom is 0.410 e. The van der Waals surface area contributed by atoms with Crippen LogP contribution in [0, 0.1) is 17.0 Å². The third kappa shape index (κ3) is 6.20. The number of piperazine rings is 1. The second-order valence-electron chi connectivity index (χ2n) is 10.6. The molecule has 0 spiro atoms. The van der Waals surface area contributed by atoms with Crippen molar-refractivity contribution in [1.29, 1.82) is 0 Å². The third-order valence-corrected chi connectivity index (χ3v) is 6.67. The van der Waals surface area contributed by atoms with Gasteiger partial charge in [-0.2, -0.15) is 0 Å². The summed E-state index contributed by atoms with van der Waals surface area (Å²) in [4.78, 5) is 39.9. The van der Waals surface area contributed by atoms with Gasteiger partial charge in [-0.1, -0.05) is 17.9 Å². The fraction of sp³-hybridized carbons (Fsp3) is 0.577. The highest BCUT2D eigenvalue weighted by Gasteiger charge is 2.43. The third-order valence-electron chi connectivity index (χ3n) is 6.67. The fourth-order valence-electron chi connectivity index (χ4n) is 4.85. The van der Waals surface area contributed by atoms with Crippen molar-refractivity contribution in [1.82, 2.24) is 15.1 Å². The second kappa shape index (κ2) is 9.97. The molecule has 1 aromatic rings. The molecule has 0 bridgehead atoms. The van der Waals surface area contributed by atoms with E-state index >= 15 is 0 Å². The van der Waals surface area contributed by atoms with Crippen LogP contribution in [0.25, 0.3) is 0 Å². The quantitative estimate of drug-likeness (QED) is 0.306. The minimum absolute atomic E-state index is 0.210. The zero-order valence-corrected chi connectivity index (χ0v) is 20.8. The molecule has 3 aliphatic rings. The first kappa shape index (κ1) is 25.2. The molecule has 2 saturated heterocycles. The number of benzene rings is 1. The summed E-state index contributed by atoms with van der Waals surface area (Å²) in [5.74, 6) is 5.64. The topological polar surface area (TPSA) is 102 Å². The van der Waals surface area contributed by atoms with Crippen LogP contribution < -0.4 is 5.32 Å². The number of imide groups is 1. The van der Waals surface area contributed by atoms with Gasteiger partial charge in [0, 0.05) is 68.7 Å². The molecule has 0 radical (unpaired) electrons. The lowest BCUT2D eigenvalue weighted by molar-refractivity contribution is -0.916. The van der Waals surface area contributed by atoms with E-state index in [0.717, 1.165) is 36.3 Å². The van der Waals surface area contributed by atoms with E-state index < -0.39 is 22.2 Å². The SMILES string of the molecule is CC(C)(C)OC(=O)N1CCN(CCC#Cc2ccc3c(c2)C[N+]([O-])(C2CCC(=O)NC2=O)C3)CC1. The van der Waals surface area contributed by atoms with Crippen LogP contribution in [-0.2, 0) is 27.4 Å². The number of amides is 3. The van der Waals surface area contributed by atoms with Crippen LogP contribution in [0.4, 0.5) is 4.79 Å². The number of nitrogens with one attached hydrogen (secondary N) is 1. The number of quaternary nitrogens is 1. The molecule has 4 rings (SSSR count). The molecule has 0 aliphatic carbocycles. The zero-order valence-electron chi connectivity index (χ0n) is 20.8. The first-order valence-electron chi connectivity index (χ1n) is 12.2. The maximum absolute atomic E-state index is 13.4. The number of carbonyl (C=O) groups excluding carboxylic acids is 3. The van der Waals surface area contributed by atoms with Crippen LogP contribution in [0.1, 0.15) is 56.7 Å². The van der Waals surface area contributed by atoms with Gasteiger partial charge in [-0.05, 0) is 32.9 Å². The predicted octanol–water partition coefficient (Wildman–Crippen LogP) is 2.11. The molecular formula is C26H34N4O5. The molecule has 1 N–H and O–H groups in total. The maximum atomic E-state index is 13.4. The molecule has 2 atom stereocenters. The normalized spacial score (nSPS) is 24.9. The van der Waals surface area contributed by atoms with Crippen molar-refractivity contribution >= 4 is 17.9 Å². The Hall–Kier alpha value is -2.93. The van der Waals surface area contributed by atoms with Crippen LogP contribution in [0.2, 0.25) is 0 Å². The number of piperidine rings is 1. The number of hydrogen-bond acceptors (Lipinski definition) is 6. The van der Waals surface area contributed by atoms with Gasteiger partial charge in [0.15, 0.2) is 6.04 Å². The van der Waals surface area contributed by atoms with Crippen molar-refractivity contribution in [3.63, 3.8) is 0 Å². The molecule has 35 heavy (non-hydrogen) atoms. The molecule has 2 fully saturated rings. The average molecular weight is 483 g/mol. The summed E-state index contributed by atoms with van der Waals surface area (Å²) in [7, 11) is 0. The molecular weight excluding hydrogens is 448 g/mol. The van der Waals surface area contributed by atoms with E-state index in [2.05, 4.69) is 22.1 Å². The van der Waals surface area contributed by atoms with E-state index in [-0.39, 0.29) is 31.5 Å². The van der Waals surface area contributed by atoms with Crippen LogP contribution in [0.5, 0.6) is 0 Å². The Bertz CT molecular complexity index is 1060. The van der Waals surface area contributed by atoms with E-state index in [9.17, 15) is 19.6 Å². The van der Waals surface area contributed by atoms with E-state index in [1.807, 2.05) is 39.0 Å². The first-order valence-corrected chi connectivity index (χ1v) is 12.2. The van der Waals surface area contributed by atoms with E-state index in [4.69, 9.17) is 4.74 Å². The zero-order chi connectivity index (χ0) is 25.2. The monoisotopic (exact) mass is 482 g/mol. The van der Waals surface area contributed by atoms with Gasteiger partial charge in [-0.3, -0.25) is 19.8 Å². The number of hydrogen-bond donors (Lipinski definition) is 1. The molecule has 9 nitrogen and oxygen atoms in total. The number of hydroxylamine groups is 3. The number of fused-ring (bicyclic) bond motifs is 1. The van der Waals surface area contributed by atoms with Gasteiger partial charge >= 0.3 is 6.09 Å². The van der Waals surface area contributed by atoms with Gasteiger partial charge in [0.25, 0.3) is 5.91 Å². The Morgan fingerprint density at radius 3 is 2.57 bits per heavy atom. The summed E-state index contributed by atoms with van der Waals surface area (Å²) in [6.07, 6.45) is 0.955. The van der Waals surface area contributed by atoms with Crippen molar-refractivity contribution in [2.45, 2.75) is 64.8 Å². The minimum atomic E-state index is -0.745. The molecule has 0 saturated carbocycles. The van der Waals surface area contributed by atoms with E-state index in [0.29, 0.717) is 25.9 Å². The molecule has 0 aromatic heterocycles. The van der Waals surface area contributed by atoms with Crippen LogP contribution in [-0.4, -0.2) is 76.7 Å². The van der Waals surface area contributed by atoms with Crippen molar-refractivity contribution in [2.75, 3.05) is 32.7 Å². The van der Waals surface area contributed by atoms with Crippen LogP contribution in [0.15, 0.2) is 18.2 Å². The first-order chi connectivity index (χ1) is 16.5. The van der Waals surface area contributed by atoms with Crippen LogP contribution in [0.3, 0.4) is 0 Å². The summed E-state index contributed by atoms with van der Waals surface area (Å²) in [6, 6.07) is 5.06. The summed E-state index contributed by atoms with van der Waals surface area (Å²) in [6.45, 7) is 9.79. The van der Waals surface area contributed by atoms with E-state index in [1.165, 1.54) is 0 Å². The van der Waals surface area contributed by atoms with Crippen molar-refractivity contribution < 1.29 is 23.8 Å². The second-order valence-corrected chi connectivity index (χ2v) is 10.6. The summed E-state index contributed by atoms with van der Waals surface area (Å²) in [5, 5.41) is 15.7. The van der Waals surface area contributed by atoms with Gasteiger partial charge in [0.1, 0.15) is 18.7 Å². The lowest BCUT2D eigenvalue weighted by Gasteiger charge is -2.45. The molecule has 3 amide bonds. The number of carbonyl (C=O) groups is 3. The van der Waals surface area contributed by atoms with Gasteiger partial charge in [0.05, 0.1) is 0 Å². The Morgan fingerprint density at radius 1 is 1.17 bits per heavy atom. The average Bonchev–Trinajstić information content (AvgIpc) is 3.12. The standard InChI is InChI=1S/C26H34N4O5/c1-26(2,3)35-25(33)29-14-12-28(13-15-29)11-5-4-6-19-7-8-20-17-30(34,18-21(20)16-19)22-9-10-23(31)27-24(22)32/h7-8,16,22H,5,9-15,17-18H2,1-3H3,(H,27,31,32). The highest BCUT2D eigenvalue weighted by Crippen LogP contribution is 2.34. The highest BCUT2D eigenvalue weighted by molar-refractivity contribution is 5.99. The van der Waals surface area contributed by atoms with Crippen molar-refractivity contribution in [2.24, 2.45) is 0 Å². The van der Waals surface area contributed by atoms with Gasteiger partial charge in [0.2, 0.25) is 5.91 Å². The van der Waals surface area contributed by atoms with E-state index in [1.54, 1.807) is 4.90 Å². The Kier molecular flexibility index (Phi) is 7.17. The predicted molar refractivity (Wildman–Crippen MR) is 129 cm³/mol. The Balaban J connectivity index is 1.26. The lowest BCUT2D eigenvalue weighted by Crippen LogP contribution is -2.58. The van der Waals surface area contributed by atoms with Gasteiger partial charge in [-0.15, -0.1) is 0 Å². The fourth-order valence-corrected chi connectivity index (χ4v) is 4.85. The molecule has 9 heteroatoms. The molecule has 188 valence electrons. The summed E-state index contributed by atoms with van der Waals surface area (Å²) in [5.41, 5.74) is 2.24. The lowest BCUT2D eigenvalue weighted by atomic mass is 10.0. The minimum Gasteiger partial charge on any atom is -0.632 e. The molecule has 3 aliphatic heterocycles. The number of nitrogens with zero attached hydrogens (tertiary/aromatic N) is 3. The Morgan fingerprint density at radius 2 is 1.89 bits per heavy atom. The summed E-state index contributed by atoms with van der Waals surface area (Å²) < 4.78 is 4.80. The number of rotatable bonds is 3. The van der Waals surface area contributed by atoms with Crippen LogP contribution >= 0.6 is 0 Å². The van der Waals surface area contributed by atoms with Gasteiger partial charge in [-0.25, -0.2) is 4.79 Å². The van der Waals surface area contributed by atoms with Crippen molar-refractivity contribution in [3.8, 4) is 11.8 Å². The Labute approximate surface area is 206 Å². The smallest absolute Gasteiger partial charge is 0.410 e. The highest BCUT2D eigenvalue weighted by atomic mass is 16.6.